The van der Waals surface area contributed by atoms with Gasteiger partial charge in [0.25, 0.3) is 5.69 Å². The second-order valence-electron chi connectivity index (χ2n) is 8.57. The molecule has 1 N–H and O–H groups in total. The number of carbonyl (C=O) groups is 1. The van der Waals surface area contributed by atoms with Crippen LogP contribution < -0.4 is 5.32 Å². The van der Waals surface area contributed by atoms with Gasteiger partial charge in [0, 0.05) is 35.8 Å². The Hall–Kier alpha value is -2.74. The van der Waals surface area contributed by atoms with Crippen molar-refractivity contribution in [2.75, 3.05) is 18.4 Å². The summed E-state index contributed by atoms with van der Waals surface area (Å²) < 4.78 is 5.45. The molecule has 0 unspecified atom stereocenters. The first-order valence-corrected chi connectivity index (χ1v) is 11.4. The summed E-state index contributed by atoms with van der Waals surface area (Å²) in [5.74, 6) is 0.730. The van der Waals surface area contributed by atoms with E-state index in [4.69, 9.17) is 4.74 Å². The molecule has 166 valence electrons. The van der Waals surface area contributed by atoms with Gasteiger partial charge in [0.2, 0.25) is 0 Å². The maximum absolute atomic E-state index is 12.3. The van der Waals surface area contributed by atoms with Crippen molar-refractivity contribution in [3.63, 3.8) is 0 Å². The monoisotopic (exact) mass is 443 g/mol. The zero-order valence-electron chi connectivity index (χ0n) is 18.2. The van der Waals surface area contributed by atoms with E-state index in [1.165, 1.54) is 6.07 Å². The highest BCUT2D eigenvalue weighted by Gasteiger charge is 2.28. The first kappa shape index (κ1) is 22.9. The molecule has 2 aromatic rings. The molecule has 0 aromatic heterocycles. The van der Waals surface area contributed by atoms with Crippen molar-refractivity contribution in [3.8, 4) is 0 Å². The van der Waals surface area contributed by atoms with Gasteiger partial charge in [-0.1, -0.05) is 36.4 Å². The molecule has 1 aliphatic rings. The molecular formula is C23H29N3O4S. The number of benzene rings is 2. The first-order valence-electron chi connectivity index (χ1n) is 10.4. The average molecular weight is 444 g/mol. The number of thioether (sulfide) groups is 1. The molecule has 0 radical (unpaired) electrons. The number of para-hydroxylation sites is 1. The average Bonchev–Trinajstić information content (AvgIpc) is 2.72. The van der Waals surface area contributed by atoms with Crippen LogP contribution in [-0.4, -0.2) is 40.6 Å². The van der Waals surface area contributed by atoms with Gasteiger partial charge in [-0.25, -0.2) is 4.79 Å². The van der Waals surface area contributed by atoms with E-state index < -0.39 is 5.60 Å². The lowest BCUT2D eigenvalue weighted by molar-refractivity contribution is -0.384. The van der Waals surface area contributed by atoms with E-state index in [0.717, 1.165) is 16.2 Å². The minimum Gasteiger partial charge on any atom is -0.444 e. The summed E-state index contributed by atoms with van der Waals surface area (Å²) in [6.45, 7) is 6.66. The Bertz CT molecular complexity index is 907. The van der Waals surface area contributed by atoms with Crippen LogP contribution in [0.1, 0.15) is 39.2 Å². The Morgan fingerprint density at radius 2 is 1.84 bits per heavy atom. The van der Waals surface area contributed by atoms with E-state index in [1.54, 1.807) is 22.7 Å². The number of carbonyl (C=O) groups excluding carboxylic acids is 1. The van der Waals surface area contributed by atoms with Crippen molar-refractivity contribution in [1.82, 2.24) is 4.90 Å². The lowest BCUT2D eigenvalue weighted by Crippen LogP contribution is -2.44. The summed E-state index contributed by atoms with van der Waals surface area (Å²) in [6, 6.07) is 15.3. The maximum Gasteiger partial charge on any atom is 0.410 e. The Morgan fingerprint density at radius 3 is 2.45 bits per heavy atom. The third kappa shape index (κ3) is 6.62. The van der Waals surface area contributed by atoms with Gasteiger partial charge in [-0.15, -0.1) is 11.8 Å². The third-order valence-electron chi connectivity index (χ3n) is 4.93. The van der Waals surface area contributed by atoms with E-state index in [1.807, 2.05) is 57.2 Å². The fraction of sp³-hybridized carbons (Fsp3) is 0.435. The second-order valence-corrected chi connectivity index (χ2v) is 9.58. The number of hydrogen-bond donors (Lipinski definition) is 1. The molecule has 0 atom stereocenters. The highest BCUT2D eigenvalue weighted by molar-refractivity contribution is 7.98. The largest absolute Gasteiger partial charge is 0.444 e. The summed E-state index contributed by atoms with van der Waals surface area (Å²) in [6.07, 6.45) is 1.10. The van der Waals surface area contributed by atoms with Crippen LogP contribution in [0.4, 0.5) is 16.2 Å². The molecule has 1 amide bonds. The maximum atomic E-state index is 12.3. The quantitative estimate of drug-likeness (QED) is 0.350. The van der Waals surface area contributed by atoms with Gasteiger partial charge < -0.3 is 15.0 Å². The number of amides is 1. The molecule has 8 heteroatoms. The van der Waals surface area contributed by atoms with Gasteiger partial charge in [0.15, 0.2) is 0 Å². The molecule has 31 heavy (non-hydrogen) atoms. The van der Waals surface area contributed by atoms with E-state index in [9.17, 15) is 14.9 Å². The molecule has 1 fully saturated rings. The van der Waals surface area contributed by atoms with Crippen LogP contribution in [0.15, 0.2) is 53.4 Å². The van der Waals surface area contributed by atoms with E-state index in [2.05, 4.69) is 5.32 Å². The normalized spacial score (nSPS) is 14.9. The van der Waals surface area contributed by atoms with Crippen LogP contribution in [0.2, 0.25) is 0 Å². The van der Waals surface area contributed by atoms with Crippen LogP contribution in [0, 0.1) is 10.1 Å². The molecule has 1 saturated heterocycles. The van der Waals surface area contributed by atoms with Crippen LogP contribution >= 0.6 is 11.8 Å². The van der Waals surface area contributed by atoms with Crippen molar-refractivity contribution >= 4 is 29.2 Å². The number of nitrogens with one attached hydrogen (secondary N) is 1. The summed E-state index contributed by atoms with van der Waals surface area (Å²) in [5.41, 5.74) is 1.27. The topological polar surface area (TPSA) is 84.7 Å². The predicted octanol–water partition coefficient (Wildman–Crippen LogP) is 5.70. The van der Waals surface area contributed by atoms with Crippen molar-refractivity contribution in [1.29, 1.82) is 0 Å². The lowest BCUT2D eigenvalue weighted by atomic mass is 10.0. The van der Waals surface area contributed by atoms with Gasteiger partial charge in [-0.2, -0.15) is 0 Å². The van der Waals surface area contributed by atoms with Gasteiger partial charge in [-0.3, -0.25) is 10.1 Å². The molecular weight excluding hydrogens is 414 g/mol. The number of nitro groups is 1. The molecule has 1 aliphatic heterocycles. The van der Waals surface area contributed by atoms with Gasteiger partial charge in [0.1, 0.15) is 11.3 Å². The SMILES string of the molecule is CC(C)(C)OC(=O)N1CCC(Nc2c(SCc3ccccc3)cccc2[N+](=O)[O-])CC1. The van der Waals surface area contributed by atoms with Gasteiger partial charge in [-0.05, 0) is 45.2 Å². The molecule has 0 aliphatic carbocycles. The fourth-order valence-electron chi connectivity index (χ4n) is 3.41. The van der Waals surface area contributed by atoms with Crippen molar-refractivity contribution in [2.24, 2.45) is 0 Å². The van der Waals surface area contributed by atoms with Crippen LogP contribution in [0.25, 0.3) is 0 Å². The number of anilines is 1. The molecule has 7 nitrogen and oxygen atoms in total. The Kier molecular flexibility index (Phi) is 7.43. The molecule has 3 rings (SSSR count). The summed E-state index contributed by atoms with van der Waals surface area (Å²) >= 11 is 1.58. The van der Waals surface area contributed by atoms with Gasteiger partial charge in [0.05, 0.1) is 4.92 Å². The van der Waals surface area contributed by atoms with Crippen LogP contribution in [0.5, 0.6) is 0 Å². The lowest BCUT2D eigenvalue weighted by Gasteiger charge is -2.34. The fourth-order valence-corrected chi connectivity index (χ4v) is 4.41. The zero-order valence-corrected chi connectivity index (χ0v) is 19.0. The molecule has 0 spiro atoms. The van der Waals surface area contributed by atoms with E-state index in [0.29, 0.717) is 31.6 Å². The molecule has 1 heterocycles. The van der Waals surface area contributed by atoms with Crippen molar-refractivity contribution in [3.05, 3.63) is 64.2 Å². The van der Waals surface area contributed by atoms with Crippen LogP contribution in [-0.2, 0) is 10.5 Å². The molecule has 0 saturated carbocycles. The summed E-state index contributed by atoms with van der Waals surface area (Å²) in [7, 11) is 0. The molecule has 0 bridgehead atoms. The van der Waals surface area contributed by atoms with E-state index in [-0.39, 0.29) is 22.7 Å². The second kappa shape index (κ2) is 10.0. The van der Waals surface area contributed by atoms with Gasteiger partial charge >= 0.3 is 6.09 Å². The Morgan fingerprint density at radius 1 is 1.16 bits per heavy atom. The zero-order chi connectivity index (χ0) is 22.4. The third-order valence-corrected chi connectivity index (χ3v) is 6.06. The Labute approximate surface area is 187 Å². The Balaban J connectivity index is 1.67. The number of ether oxygens (including phenoxy) is 1. The first-order chi connectivity index (χ1) is 14.7. The van der Waals surface area contributed by atoms with E-state index >= 15 is 0 Å². The van der Waals surface area contributed by atoms with Crippen LogP contribution in [0.3, 0.4) is 0 Å². The van der Waals surface area contributed by atoms with Crippen molar-refractivity contribution < 1.29 is 14.5 Å². The minimum absolute atomic E-state index is 0.0517. The number of piperidine rings is 1. The molecule has 2 aromatic carbocycles. The number of nitrogens with zero attached hydrogens (tertiary/aromatic N) is 2. The van der Waals surface area contributed by atoms with Crippen molar-refractivity contribution in [2.45, 2.75) is 55.9 Å². The number of likely N-dealkylation sites (tertiary alicyclic amines) is 1. The minimum atomic E-state index is -0.526. The standard InChI is InChI=1S/C23H29N3O4S/c1-23(2,3)30-22(27)25-14-12-18(13-15-25)24-21-19(26(28)29)10-7-11-20(21)31-16-17-8-5-4-6-9-17/h4-11,18,24H,12-16H2,1-3H3. The predicted molar refractivity (Wildman–Crippen MR) is 124 cm³/mol. The highest BCUT2D eigenvalue weighted by atomic mass is 32.2. The number of hydrogen-bond acceptors (Lipinski definition) is 6. The smallest absolute Gasteiger partial charge is 0.410 e. The highest BCUT2D eigenvalue weighted by Crippen LogP contribution is 2.37. The summed E-state index contributed by atoms with van der Waals surface area (Å²) in [5, 5.41) is 15.1. The summed E-state index contributed by atoms with van der Waals surface area (Å²) in [4.78, 5) is 26.2. The number of nitro benzene ring substituents is 1. The number of rotatable bonds is 6.